The van der Waals surface area contributed by atoms with Crippen LogP contribution >= 0.6 is 0 Å². The van der Waals surface area contributed by atoms with Crippen molar-refractivity contribution in [3.8, 4) is 11.5 Å². The highest BCUT2D eigenvalue weighted by Crippen LogP contribution is 2.14. The standard InChI is InChI=1S/C23H28O5/c24-23(28-25)13-7-2-1-4-10-20-14-16-22(17-15-20)27-19-9-8-18-26-21-11-5-3-6-12-21/h1,3-6,11-12,14-17,25H,2,7-10,13,18-19H2/b4-1-. The number of ether oxygens (including phenoxy) is 2. The van der Waals surface area contributed by atoms with E-state index in [4.69, 9.17) is 14.7 Å². The molecule has 0 spiro atoms. The van der Waals surface area contributed by atoms with Crippen molar-refractivity contribution in [3.63, 3.8) is 0 Å². The lowest BCUT2D eigenvalue weighted by Gasteiger charge is -2.08. The van der Waals surface area contributed by atoms with Crippen molar-refractivity contribution in [3.05, 3.63) is 72.3 Å². The lowest BCUT2D eigenvalue weighted by Crippen LogP contribution is -2.02. The van der Waals surface area contributed by atoms with Crippen molar-refractivity contribution in [2.45, 2.75) is 38.5 Å². The highest BCUT2D eigenvalue weighted by molar-refractivity contribution is 5.68. The first-order valence-electron chi connectivity index (χ1n) is 9.67. The van der Waals surface area contributed by atoms with Gasteiger partial charge in [-0.2, -0.15) is 5.26 Å². The molecule has 2 rings (SSSR count). The second kappa shape index (κ2) is 13.4. The average Bonchev–Trinajstić information content (AvgIpc) is 2.74. The van der Waals surface area contributed by atoms with Gasteiger partial charge in [0.15, 0.2) is 0 Å². The number of rotatable bonds is 13. The van der Waals surface area contributed by atoms with E-state index < -0.39 is 5.97 Å². The summed E-state index contributed by atoms with van der Waals surface area (Å²) in [4.78, 5) is 14.4. The van der Waals surface area contributed by atoms with Crippen LogP contribution in [0, 0.1) is 0 Å². The molecule has 0 atom stereocenters. The summed E-state index contributed by atoms with van der Waals surface area (Å²) in [5.41, 5.74) is 1.20. The van der Waals surface area contributed by atoms with Crippen LogP contribution in [0.5, 0.6) is 11.5 Å². The maximum atomic E-state index is 10.8. The number of unbranched alkanes of at least 4 members (excludes halogenated alkanes) is 2. The van der Waals surface area contributed by atoms with Gasteiger partial charge in [-0.3, -0.25) is 0 Å². The maximum Gasteiger partial charge on any atom is 0.342 e. The molecule has 0 aliphatic rings. The summed E-state index contributed by atoms with van der Waals surface area (Å²) in [5.74, 6) is 1.19. The number of allylic oxidation sites excluding steroid dienone is 2. The fraction of sp³-hybridized carbons (Fsp3) is 0.348. The van der Waals surface area contributed by atoms with Crippen LogP contribution in [0.25, 0.3) is 0 Å². The zero-order valence-corrected chi connectivity index (χ0v) is 16.1. The predicted octanol–water partition coefficient (Wildman–Crippen LogP) is 5.21. The van der Waals surface area contributed by atoms with Crippen LogP contribution < -0.4 is 9.47 Å². The van der Waals surface area contributed by atoms with Crippen LogP contribution in [0.15, 0.2) is 66.7 Å². The third-order valence-electron chi connectivity index (χ3n) is 4.12. The number of hydrogen-bond donors (Lipinski definition) is 1. The Balaban J connectivity index is 1.53. The van der Waals surface area contributed by atoms with Crippen molar-refractivity contribution < 1.29 is 24.4 Å². The Morgan fingerprint density at radius 1 is 0.821 bits per heavy atom. The first kappa shape index (κ1) is 21.5. The number of benzene rings is 2. The Hall–Kier alpha value is -2.79. The zero-order chi connectivity index (χ0) is 19.9. The van der Waals surface area contributed by atoms with Gasteiger partial charge in [0.2, 0.25) is 0 Å². The molecule has 0 aliphatic carbocycles. The van der Waals surface area contributed by atoms with Gasteiger partial charge in [0.05, 0.1) is 13.2 Å². The van der Waals surface area contributed by atoms with Crippen LogP contribution in [0.3, 0.4) is 0 Å². The average molecular weight is 384 g/mol. The molecule has 2 aromatic carbocycles. The minimum absolute atomic E-state index is 0.227. The maximum absolute atomic E-state index is 10.8. The minimum atomic E-state index is -0.590. The van der Waals surface area contributed by atoms with Gasteiger partial charge in [0.1, 0.15) is 11.5 Å². The molecule has 0 heterocycles. The molecule has 0 aromatic heterocycles. The van der Waals surface area contributed by atoms with E-state index in [0.29, 0.717) is 19.6 Å². The van der Waals surface area contributed by atoms with Crippen LogP contribution in [0.1, 0.15) is 37.7 Å². The van der Waals surface area contributed by atoms with Gasteiger partial charge in [-0.05, 0) is 61.9 Å². The van der Waals surface area contributed by atoms with Crippen molar-refractivity contribution in [2.24, 2.45) is 0 Å². The van der Waals surface area contributed by atoms with Gasteiger partial charge >= 0.3 is 5.97 Å². The number of carbonyl (C=O) groups is 1. The first-order chi connectivity index (χ1) is 13.8. The van der Waals surface area contributed by atoms with Gasteiger partial charge in [0.25, 0.3) is 0 Å². The van der Waals surface area contributed by atoms with Crippen molar-refractivity contribution in [1.82, 2.24) is 0 Å². The summed E-state index contributed by atoms with van der Waals surface area (Å²) >= 11 is 0. The highest BCUT2D eigenvalue weighted by Gasteiger charge is 1.99. The first-order valence-corrected chi connectivity index (χ1v) is 9.67. The van der Waals surface area contributed by atoms with E-state index in [-0.39, 0.29) is 6.42 Å². The third kappa shape index (κ3) is 9.24. The van der Waals surface area contributed by atoms with Gasteiger partial charge in [-0.25, -0.2) is 4.79 Å². The summed E-state index contributed by atoms with van der Waals surface area (Å²) in [5, 5.41) is 8.16. The molecule has 1 N–H and O–H groups in total. The molecule has 2 aromatic rings. The Bertz CT molecular complexity index is 695. The molecule has 0 fully saturated rings. The van der Waals surface area contributed by atoms with E-state index in [2.05, 4.69) is 23.1 Å². The van der Waals surface area contributed by atoms with Gasteiger partial charge < -0.3 is 14.4 Å². The molecule has 0 bridgehead atoms. The van der Waals surface area contributed by atoms with Crippen LogP contribution in [-0.4, -0.2) is 24.4 Å². The summed E-state index contributed by atoms with van der Waals surface area (Å²) < 4.78 is 11.4. The molecule has 28 heavy (non-hydrogen) atoms. The van der Waals surface area contributed by atoms with Gasteiger partial charge in [-0.15, -0.1) is 0 Å². The van der Waals surface area contributed by atoms with E-state index in [1.54, 1.807) is 0 Å². The molecule has 150 valence electrons. The molecule has 0 radical (unpaired) electrons. The monoisotopic (exact) mass is 384 g/mol. The van der Waals surface area contributed by atoms with Crippen LogP contribution in [-0.2, 0) is 16.1 Å². The second-order valence-corrected chi connectivity index (χ2v) is 6.39. The fourth-order valence-corrected chi connectivity index (χ4v) is 2.57. The summed E-state index contributed by atoms with van der Waals surface area (Å²) in [6, 6.07) is 17.9. The molecule has 0 saturated carbocycles. The zero-order valence-electron chi connectivity index (χ0n) is 16.1. The Morgan fingerprint density at radius 2 is 1.46 bits per heavy atom. The highest BCUT2D eigenvalue weighted by atomic mass is 17.1. The second-order valence-electron chi connectivity index (χ2n) is 6.39. The normalized spacial score (nSPS) is 10.8. The van der Waals surface area contributed by atoms with Crippen LogP contribution in [0.2, 0.25) is 0 Å². The molecular weight excluding hydrogens is 356 g/mol. The van der Waals surface area contributed by atoms with E-state index in [0.717, 1.165) is 37.2 Å². The smallest absolute Gasteiger partial charge is 0.342 e. The van der Waals surface area contributed by atoms with E-state index >= 15 is 0 Å². The molecule has 5 nitrogen and oxygen atoms in total. The fourth-order valence-electron chi connectivity index (χ4n) is 2.57. The predicted molar refractivity (Wildman–Crippen MR) is 109 cm³/mol. The van der Waals surface area contributed by atoms with Crippen molar-refractivity contribution >= 4 is 5.97 Å². The number of para-hydroxylation sites is 1. The Labute approximate surface area is 166 Å². The van der Waals surface area contributed by atoms with Gasteiger partial charge in [0, 0.05) is 6.42 Å². The lowest BCUT2D eigenvalue weighted by atomic mass is 10.1. The molecule has 0 saturated heterocycles. The van der Waals surface area contributed by atoms with E-state index in [9.17, 15) is 4.79 Å². The molecule has 0 aliphatic heterocycles. The SMILES string of the molecule is O=C(CCC/C=C\Cc1ccc(OCCCCOc2ccccc2)cc1)OO. The topological polar surface area (TPSA) is 65.0 Å². The quantitative estimate of drug-likeness (QED) is 0.222. The van der Waals surface area contributed by atoms with E-state index in [1.807, 2.05) is 48.5 Å². The third-order valence-corrected chi connectivity index (χ3v) is 4.12. The largest absolute Gasteiger partial charge is 0.494 e. The van der Waals surface area contributed by atoms with Crippen molar-refractivity contribution in [2.75, 3.05) is 13.2 Å². The minimum Gasteiger partial charge on any atom is -0.494 e. The Kier molecular flexibility index (Phi) is 10.3. The lowest BCUT2D eigenvalue weighted by molar-refractivity contribution is -0.234. The molecule has 0 unspecified atom stereocenters. The van der Waals surface area contributed by atoms with Gasteiger partial charge in [-0.1, -0.05) is 42.5 Å². The van der Waals surface area contributed by atoms with Crippen LogP contribution in [0.4, 0.5) is 0 Å². The summed E-state index contributed by atoms with van der Waals surface area (Å²) in [6.45, 7) is 1.37. The van der Waals surface area contributed by atoms with Crippen molar-refractivity contribution in [1.29, 1.82) is 0 Å². The molecule has 0 amide bonds. The summed E-state index contributed by atoms with van der Waals surface area (Å²) in [7, 11) is 0. The Morgan fingerprint density at radius 3 is 2.11 bits per heavy atom. The summed E-state index contributed by atoms with van der Waals surface area (Å²) in [6.07, 6.45) is 8.52. The molecule has 5 heteroatoms. The number of carbonyl (C=O) groups excluding carboxylic acids is 1. The molecular formula is C23H28O5. The number of hydrogen-bond acceptors (Lipinski definition) is 5. The van der Waals surface area contributed by atoms with E-state index in [1.165, 1.54) is 5.56 Å².